The van der Waals surface area contributed by atoms with Crippen molar-refractivity contribution in [3.05, 3.63) is 0 Å². The van der Waals surface area contributed by atoms with Gasteiger partial charge in [-0.15, -0.1) is 0 Å². The topological polar surface area (TPSA) is 56.5 Å². The number of ether oxygens (including phenoxy) is 2. The molecular formula is C11H26N2O2. The molecule has 0 amide bonds. The van der Waals surface area contributed by atoms with E-state index in [1.165, 1.54) is 0 Å². The number of hydrogen-bond acceptors (Lipinski definition) is 4. The molecule has 0 aromatic rings. The standard InChI is InChI=1S/C11H26N2O2/c1-14-9-4-3-8-13-11(10-15-2)6-5-7-12/h11,13H,3-10,12H2,1-2H3. The Morgan fingerprint density at radius 2 is 1.93 bits per heavy atom. The van der Waals surface area contributed by atoms with Crippen molar-refractivity contribution in [1.29, 1.82) is 0 Å². The number of hydrogen-bond donors (Lipinski definition) is 2. The summed E-state index contributed by atoms with van der Waals surface area (Å²) in [6.45, 7) is 3.40. The lowest BCUT2D eigenvalue weighted by molar-refractivity contribution is 0.159. The van der Waals surface area contributed by atoms with Gasteiger partial charge in [0.15, 0.2) is 0 Å². The fourth-order valence-corrected chi connectivity index (χ4v) is 1.49. The predicted octanol–water partition coefficient (Wildman–Crippen LogP) is 0.757. The fourth-order valence-electron chi connectivity index (χ4n) is 1.49. The van der Waals surface area contributed by atoms with E-state index < -0.39 is 0 Å². The second-order valence-corrected chi connectivity index (χ2v) is 3.74. The molecule has 0 fully saturated rings. The molecule has 0 bridgehead atoms. The maximum absolute atomic E-state index is 5.48. The third-order valence-corrected chi connectivity index (χ3v) is 2.33. The molecule has 0 aliphatic rings. The van der Waals surface area contributed by atoms with Crippen LogP contribution in [0.2, 0.25) is 0 Å². The molecule has 0 spiro atoms. The summed E-state index contributed by atoms with van der Waals surface area (Å²) in [5.41, 5.74) is 5.48. The number of rotatable bonds is 11. The highest BCUT2D eigenvalue weighted by Gasteiger charge is 2.05. The fraction of sp³-hybridized carbons (Fsp3) is 1.00. The summed E-state index contributed by atoms with van der Waals surface area (Å²) >= 11 is 0. The van der Waals surface area contributed by atoms with Crippen molar-refractivity contribution in [2.45, 2.75) is 31.7 Å². The van der Waals surface area contributed by atoms with Crippen molar-refractivity contribution in [3.63, 3.8) is 0 Å². The highest BCUT2D eigenvalue weighted by molar-refractivity contribution is 4.66. The van der Waals surface area contributed by atoms with Crippen molar-refractivity contribution in [3.8, 4) is 0 Å². The SMILES string of the molecule is COCCCCNC(CCCN)COC. The molecule has 0 radical (unpaired) electrons. The molecule has 0 aliphatic heterocycles. The van der Waals surface area contributed by atoms with Crippen LogP contribution in [-0.2, 0) is 9.47 Å². The molecule has 1 unspecified atom stereocenters. The molecular weight excluding hydrogens is 192 g/mol. The van der Waals surface area contributed by atoms with Gasteiger partial charge in [0.05, 0.1) is 6.61 Å². The van der Waals surface area contributed by atoms with E-state index >= 15 is 0 Å². The van der Waals surface area contributed by atoms with Crippen LogP contribution in [0.5, 0.6) is 0 Å². The smallest absolute Gasteiger partial charge is 0.0615 e. The van der Waals surface area contributed by atoms with Gasteiger partial charge in [-0.2, -0.15) is 0 Å². The zero-order valence-electron chi connectivity index (χ0n) is 10.1. The van der Waals surface area contributed by atoms with Crippen LogP contribution in [-0.4, -0.2) is 46.6 Å². The molecule has 0 rings (SSSR count). The van der Waals surface area contributed by atoms with Gasteiger partial charge in [-0.25, -0.2) is 0 Å². The van der Waals surface area contributed by atoms with Gasteiger partial charge in [0.1, 0.15) is 0 Å². The molecule has 3 N–H and O–H groups in total. The van der Waals surface area contributed by atoms with Crippen LogP contribution in [0.1, 0.15) is 25.7 Å². The summed E-state index contributed by atoms with van der Waals surface area (Å²) in [7, 11) is 3.48. The summed E-state index contributed by atoms with van der Waals surface area (Å²) in [5.74, 6) is 0. The second kappa shape index (κ2) is 11.9. The van der Waals surface area contributed by atoms with Gasteiger partial charge in [-0.1, -0.05) is 0 Å². The Labute approximate surface area is 93.5 Å². The first kappa shape index (κ1) is 14.8. The van der Waals surface area contributed by atoms with E-state index in [4.69, 9.17) is 15.2 Å². The van der Waals surface area contributed by atoms with Gasteiger partial charge < -0.3 is 20.5 Å². The molecule has 0 aromatic heterocycles. The Balaban J connectivity index is 3.38. The van der Waals surface area contributed by atoms with Crippen LogP contribution in [0, 0.1) is 0 Å². The number of methoxy groups -OCH3 is 2. The highest BCUT2D eigenvalue weighted by Crippen LogP contribution is 1.97. The minimum Gasteiger partial charge on any atom is -0.385 e. The third-order valence-electron chi connectivity index (χ3n) is 2.33. The largest absolute Gasteiger partial charge is 0.385 e. The van der Waals surface area contributed by atoms with E-state index in [0.29, 0.717) is 6.04 Å². The Kier molecular flexibility index (Phi) is 11.8. The Hall–Kier alpha value is -0.160. The first-order valence-electron chi connectivity index (χ1n) is 5.76. The van der Waals surface area contributed by atoms with E-state index in [9.17, 15) is 0 Å². The van der Waals surface area contributed by atoms with Gasteiger partial charge in [0.25, 0.3) is 0 Å². The van der Waals surface area contributed by atoms with Crippen molar-refractivity contribution in [1.82, 2.24) is 5.32 Å². The molecule has 92 valence electrons. The normalized spacial score (nSPS) is 13.0. The van der Waals surface area contributed by atoms with Crippen LogP contribution < -0.4 is 11.1 Å². The van der Waals surface area contributed by atoms with E-state index in [1.54, 1.807) is 14.2 Å². The van der Waals surface area contributed by atoms with E-state index in [1.807, 2.05) is 0 Å². The van der Waals surface area contributed by atoms with Crippen LogP contribution in [0.4, 0.5) is 0 Å². The Bertz CT molecular complexity index is 123. The Morgan fingerprint density at radius 1 is 1.13 bits per heavy atom. The quantitative estimate of drug-likeness (QED) is 0.503. The van der Waals surface area contributed by atoms with Crippen molar-refractivity contribution in [2.75, 3.05) is 40.5 Å². The molecule has 0 aromatic carbocycles. The van der Waals surface area contributed by atoms with E-state index in [0.717, 1.165) is 52.0 Å². The van der Waals surface area contributed by atoms with Gasteiger partial charge in [0, 0.05) is 26.9 Å². The summed E-state index contributed by atoms with van der Waals surface area (Å²) in [4.78, 5) is 0. The molecule has 0 saturated heterocycles. The maximum atomic E-state index is 5.48. The number of nitrogens with two attached hydrogens (primary N) is 1. The van der Waals surface area contributed by atoms with Crippen LogP contribution in [0.15, 0.2) is 0 Å². The lowest BCUT2D eigenvalue weighted by Gasteiger charge is -2.17. The number of nitrogens with one attached hydrogen (secondary N) is 1. The molecule has 1 atom stereocenters. The third kappa shape index (κ3) is 10.1. The summed E-state index contributed by atoms with van der Waals surface area (Å²) < 4.78 is 10.1. The number of unbranched alkanes of at least 4 members (excludes halogenated alkanes) is 1. The average molecular weight is 218 g/mol. The average Bonchev–Trinajstić information content (AvgIpc) is 2.25. The molecule has 15 heavy (non-hydrogen) atoms. The first-order valence-corrected chi connectivity index (χ1v) is 5.76. The van der Waals surface area contributed by atoms with Gasteiger partial charge in [-0.3, -0.25) is 0 Å². The van der Waals surface area contributed by atoms with E-state index in [-0.39, 0.29) is 0 Å². The van der Waals surface area contributed by atoms with Gasteiger partial charge in [0.2, 0.25) is 0 Å². The van der Waals surface area contributed by atoms with E-state index in [2.05, 4.69) is 5.32 Å². The van der Waals surface area contributed by atoms with Crippen molar-refractivity contribution < 1.29 is 9.47 Å². The minimum atomic E-state index is 0.445. The van der Waals surface area contributed by atoms with Crippen molar-refractivity contribution in [2.24, 2.45) is 5.73 Å². The van der Waals surface area contributed by atoms with Crippen LogP contribution >= 0.6 is 0 Å². The van der Waals surface area contributed by atoms with Gasteiger partial charge >= 0.3 is 0 Å². The molecule has 0 saturated carbocycles. The first-order chi connectivity index (χ1) is 7.35. The zero-order chi connectivity index (χ0) is 11.4. The molecule has 4 nitrogen and oxygen atoms in total. The molecule has 0 aliphatic carbocycles. The molecule has 4 heteroatoms. The lowest BCUT2D eigenvalue weighted by Crippen LogP contribution is -2.34. The predicted molar refractivity (Wildman–Crippen MR) is 63.1 cm³/mol. The maximum Gasteiger partial charge on any atom is 0.0615 e. The van der Waals surface area contributed by atoms with Crippen molar-refractivity contribution >= 4 is 0 Å². The Morgan fingerprint density at radius 3 is 2.53 bits per heavy atom. The van der Waals surface area contributed by atoms with Crippen LogP contribution in [0.3, 0.4) is 0 Å². The summed E-state index contributed by atoms with van der Waals surface area (Å²) in [6.07, 6.45) is 4.41. The monoisotopic (exact) mass is 218 g/mol. The zero-order valence-corrected chi connectivity index (χ0v) is 10.1. The lowest BCUT2D eigenvalue weighted by atomic mass is 10.1. The summed E-state index contributed by atoms with van der Waals surface area (Å²) in [6, 6.07) is 0.445. The highest BCUT2D eigenvalue weighted by atomic mass is 16.5. The minimum absolute atomic E-state index is 0.445. The molecule has 0 heterocycles. The summed E-state index contributed by atoms with van der Waals surface area (Å²) in [5, 5.41) is 3.48. The van der Waals surface area contributed by atoms with Crippen LogP contribution in [0.25, 0.3) is 0 Å². The van der Waals surface area contributed by atoms with Gasteiger partial charge in [-0.05, 0) is 38.8 Å². The second-order valence-electron chi connectivity index (χ2n) is 3.74.